The molecule has 0 aliphatic rings. The van der Waals surface area contributed by atoms with E-state index in [9.17, 15) is 33.0 Å². The predicted molar refractivity (Wildman–Crippen MR) is 177 cm³/mol. The highest BCUT2D eigenvalue weighted by Gasteiger charge is 2.34. The maximum atomic E-state index is 13.5. The number of carboxylic acid groups (broad SMARTS) is 1. The number of aromatic nitrogens is 2. The minimum atomic E-state index is -4.68. The molecule has 0 radical (unpaired) electrons. The number of carbonyl (C=O) groups excluding carboxylic acids is 1. The molecule has 0 aliphatic carbocycles. The lowest BCUT2D eigenvalue weighted by Gasteiger charge is -2.27. The van der Waals surface area contributed by atoms with E-state index in [4.69, 9.17) is 9.26 Å². The summed E-state index contributed by atoms with van der Waals surface area (Å²) in [6.07, 6.45) is -6.55. The summed E-state index contributed by atoms with van der Waals surface area (Å²) in [5.41, 5.74) is 2.69. The Bertz CT molecular complexity index is 2020. The van der Waals surface area contributed by atoms with E-state index < -0.39 is 42.8 Å². The molecule has 1 heterocycles. The number of nitrogens with one attached hydrogen (secondary N) is 1. The quantitative estimate of drug-likeness (QED) is 0.109. The number of benzene rings is 4. The molecular weight excluding hydrogens is 653 g/mol. The lowest BCUT2D eigenvalue weighted by Crippen LogP contribution is -2.33. The third kappa shape index (κ3) is 9.34. The number of carboxylic acids is 1. The number of aliphatic carboxylic acids is 1. The molecule has 4 aromatic carbocycles. The van der Waals surface area contributed by atoms with Crippen LogP contribution in [0.1, 0.15) is 45.5 Å². The van der Waals surface area contributed by atoms with Gasteiger partial charge < -0.3 is 24.8 Å². The number of halogens is 3. The van der Waals surface area contributed by atoms with Gasteiger partial charge in [-0.3, -0.25) is 14.5 Å². The normalized spacial score (nSPS) is 11.8. The first kappa shape index (κ1) is 35.3. The number of amides is 1. The molecule has 13 heteroatoms. The number of hydrogen-bond acceptors (Lipinski definition) is 8. The summed E-state index contributed by atoms with van der Waals surface area (Å²) in [6, 6.07) is 23.9. The molecule has 1 amide bonds. The summed E-state index contributed by atoms with van der Waals surface area (Å²) in [5.74, 6) is 4.47. The topological polar surface area (TPSA) is 138 Å². The van der Waals surface area contributed by atoms with Gasteiger partial charge >= 0.3 is 18.0 Å². The maximum absolute atomic E-state index is 13.5. The zero-order valence-corrected chi connectivity index (χ0v) is 26.9. The molecule has 5 rings (SSSR count). The minimum Gasteiger partial charge on any atom is -0.497 e. The number of aliphatic hydroxyl groups is 1. The van der Waals surface area contributed by atoms with E-state index >= 15 is 0 Å². The number of carbonyl (C=O) groups is 2. The number of rotatable bonds is 11. The average molecular weight is 685 g/mol. The Hall–Kier alpha value is -5.97. The van der Waals surface area contributed by atoms with Gasteiger partial charge in [0.2, 0.25) is 11.7 Å². The van der Waals surface area contributed by atoms with Crippen molar-refractivity contribution >= 4 is 17.6 Å². The highest BCUT2D eigenvalue weighted by Crippen LogP contribution is 2.35. The zero-order chi connectivity index (χ0) is 35.8. The van der Waals surface area contributed by atoms with Gasteiger partial charge in [-0.25, -0.2) is 0 Å². The molecule has 1 atom stereocenters. The molecule has 5 aromatic rings. The molecule has 0 fully saturated rings. The Morgan fingerprint density at radius 2 is 1.68 bits per heavy atom. The van der Waals surface area contributed by atoms with Gasteiger partial charge in [-0.1, -0.05) is 71.2 Å². The first-order valence-electron chi connectivity index (χ1n) is 15.2. The van der Waals surface area contributed by atoms with Crippen molar-refractivity contribution in [3.8, 4) is 29.0 Å². The van der Waals surface area contributed by atoms with E-state index in [-0.39, 0.29) is 29.4 Å². The van der Waals surface area contributed by atoms with Crippen molar-refractivity contribution in [1.29, 1.82) is 0 Å². The molecule has 256 valence electrons. The van der Waals surface area contributed by atoms with Crippen LogP contribution in [0.15, 0.2) is 95.5 Å². The Labute approximate surface area is 285 Å². The number of nitrogens with zero attached hydrogens (tertiary/aromatic N) is 3. The van der Waals surface area contributed by atoms with Crippen LogP contribution >= 0.6 is 0 Å². The Morgan fingerprint density at radius 3 is 2.32 bits per heavy atom. The minimum absolute atomic E-state index is 0.0167. The number of methoxy groups -OCH3 is 1. The van der Waals surface area contributed by atoms with Crippen molar-refractivity contribution in [1.82, 2.24) is 15.0 Å². The highest BCUT2D eigenvalue weighted by atomic mass is 19.4. The number of hydrogen-bond donors (Lipinski definition) is 3. The first-order valence-corrected chi connectivity index (χ1v) is 15.2. The average Bonchev–Trinajstić information content (AvgIpc) is 3.57. The third-order valence-corrected chi connectivity index (χ3v) is 7.54. The van der Waals surface area contributed by atoms with Crippen LogP contribution in [-0.2, 0) is 28.7 Å². The van der Waals surface area contributed by atoms with Gasteiger partial charge in [0, 0.05) is 29.3 Å². The molecule has 1 aromatic heterocycles. The van der Waals surface area contributed by atoms with Crippen LogP contribution in [0.4, 0.5) is 18.9 Å². The second-order valence-electron chi connectivity index (χ2n) is 11.3. The zero-order valence-electron chi connectivity index (χ0n) is 26.9. The molecule has 0 saturated heterocycles. The molecular formula is C37H31F3N4O6. The Morgan fingerprint density at radius 1 is 0.980 bits per heavy atom. The SMILES string of the molecule is COc1ccc(CC(=O)Nc2ccc(C(O)N(CC(=O)O)Cc3ccc(-c4noc(C#Cc5ccc(C)cc5)n4)cc3)cc2)c(C(F)(F)F)c1. The molecule has 0 aliphatic heterocycles. The highest BCUT2D eigenvalue weighted by molar-refractivity contribution is 5.92. The van der Waals surface area contributed by atoms with Crippen LogP contribution < -0.4 is 10.1 Å². The van der Waals surface area contributed by atoms with Crippen molar-refractivity contribution in [2.45, 2.75) is 32.3 Å². The predicted octanol–water partition coefficient (Wildman–Crippen LogP) is 6.23. The smallest absolute Gasteiger partial charge is 0.416 e. The van der Waals surface area contributed by atoms with Crippen molar-refractivity contribution in [3.05, 3.63) is 130 Å². The monoisotopic (exact) mass is 684 g/mol. The fraction of sp³-hybridized carbons (Fsp3) is 0.189. The Kier molecular flexibility index (Phi) is 11.0. The fourth-order valence-corrected chi connectivity index (χ4v) is 4.98. The van der Waals surface area contributed by atoms with E-state index in [2.05, 4.69) is 27.3 Å². The standard InChI is InChI=1S/C37H31F3N4O6/c1-23-3-5-24(6-4-23)9-18-33-42-35(43-50-33)26-10-7-25(8-11-26)21-44(22-34(46)47)36(48)27-12-15-29(16-13-27)41-32(45)19-28-14-17-30(49-2)20-31(28)37(38,39)40/h3-8,10-17,20,36,48H,19,21-22H2,1-2H3,(H,41,45)(H,46,47). The largest absolute Gasteiger partial charge is 0.497 e. The van der Waals surface area contributed by atoms with Crippen LogP contribution in [-0.4, -0.2) is 50.8 Å². The van der Waals surface area contributed by atoms with E-state index in [0.717, 1.165) is 17.2 Å². The van der Waals surface area contributed by atoms with Crippen molar-refractivity contribution < 1.29 is 42.2 Å². The maximum Gasteiger partial charge on any atom is 0.416 e. The molecule has 0 bridgehead atoms. The number of aryl methyl sites for hydroxylation is 1. The van der Waals surface area contributed by atoms with Crippen molar-refractivity contribution in [3.63, 3.8) is 0 Å². The Balaban J connectivity index is 1.22. The van der Waals surface area contributed by atoms with Crippen LogP contribution in [0.25, 0.3) is 11.4 Å². The molecule has 1 unspecified atom stereocenters. The summed E-state index contributed by atoms with van der Waals surface area (Å²) in [7, 11) is 1.25. The summed E-state index contributed by atoms with van der Waals surface area (Å²) >= 11 is 0. The molecule has 0 saturated carbocycles. The third-order valence-electron chi connectivity index (χ3n) is 7.54. The van der Waals surface area contributed by atoms with Crippen LogP contribution in [0, 0.1) is 18.8 Å². The van der Waals surface area contributed by atoms with Crippen molar-refractivity contribution in [2.24, 2.45) is 0 Å². The van der Waals surface area contributed by atoms with Crippen LogP contribution in [0.2, 0.25) is 0 Å². The van der Waals surface area contributed by atoms with Crippen LogP contribution in [0.3, 0.4) is 0 Å². The van der Waals surface area contributed by atoms with Gasteiger partial charge in [-0.05, 0) is 60.0 Å². The number of aliphatic hydroxyl groups excluding tert-OH is 1. The lowest BCUT2D eigenvalue weighted by atomic mass is 10.0. The number of ether oxygens (including phenoxy) is 1. The molecule has 0 spiro atoms. The summed E-state index contributed by atoms with van der Waals surface area (Å²) < 4.78 is 50.8. The summed E-state index contributed by atoms with van der Waals surface area (Å²) in [4.78, 5) is 29.9. The second kappa shape index (κ2) is 15.5. The molecule has 3 N–H and O–H groups in total. The molecule has 50 heavy (non-hydrogen) atoms. The van der Waals surface area contributed by atoms with E-state index in [1.165, 1.54) is 48.4 Å². The van der Waals surface area contributed by atoms with Gasteiger partial charge in [-0.2, -0.15) is 18.2 Å². The molecule has 10 nitrogen and oxygen atoms in total. The van der Waals surface area contributed by atoms with Gasteiger partial charge in [0.1, 0.15) is 12.0 Å². The summed E-state index contributed by atoms with van der Waals surface area (Å²) in [6.45, 7) is 1.56. The van der Waals surface area contributed by atoms with Gasteiger partial charge in [0.25, 0.3) is 0 Å². The van der Waals surface area contributed by atoms with E-state index in [1.807, 2.05) is 31.2 Å². The fourth-order valence-electron chi connectivity index (χ4n) is 4.98. The van der Waals surface area contributed by atoms with Crippen LogP contribution in [0.5, 0.6) is 5.75 Å². The van der Waals surface area contributed by atoms with E-state index in [0.29, 0.717) is 22.5 Å². The summed E-state index contributed by atoms with van der Waals surface area (Å²) in [5, 5.41) is 27.2. The van der Waals surface area contributed by atoms with Crippen molar-refractivity contribution in [2.75, 3.05) is 19.0 Å². The van der Waals surface area contributed by atoms with Gasteiger partial charge in [0.05, 0.1) is 25.6 Å². The second-order valence-corrected chi connectivity index (χ2v) is 11.3. The number of anilines is 1. The number of alkyl halides is 3. The first-order chi connectivity index (χ1) is 23.9. The van der Waals surface area contributed by atoms with Gasteiger partial charge in [0.15, 0.2) is 0 Å². The lowest BCUT2D eigenvalue weighted by molar-refractivity contribution is -0.142. The van der Waals surface area contributed by atoms with Gasteiger partial charge in [-0.15, -0.1) is 0 Å². The van der Waals surface area contributed by atoms with E-state index in [1.54, 1.807) is 24.3 Å².